The van der Waals surface area contributed by atoms with Crippen LogP contribution in [-0.2, 0) is 0 Å². The van der Waals surface area contributed by atoms with E-state index in [9.17, 15) is 5.11 Å². The molecule has 2 atom stereocenters. The highest BCUT2D eigenvalue weighted by atomic mass is 16.3. The molecule has 3 heteroatoms. The van der Waals surface area contributed by atoms with Gasteiger partial charge >= 0.3 is 0 Å². The van der Waals surface area contributed by atoms with Crippen molar-refractivity contribution in [3.05, 3.63) is 47.3 Å². The van der Waals surface area contributed by atoms with Gasteiger partial charge in [0, 0.05) is 30.1 Å². The molecule has 2 N–H and O–H groups in total. The molecule has 0 saturated heterocycles. The molecule has 1 aliphatic heterocycles. The van der Waals surface area contributed by atoms with Crippen molar-refractivity contribution in [3.8, 4) is 0 Å². The van der Waals surface area contributed by atoms with E-state index in [2.05, 4.69) is 49.7 Å². The average Bonchev–Trinajstić information content (AvgIpc) is 3.01. The number of allylic oxidation sites excluding steroid dienone is 3. The van der Waals surface area contributed by atoms with Gasteiger partial charge in [-0.3, -0.25) is 0 Å². The van der Waals surface area contributed by atoms with Crippen molar-refractivity contribution in [3.63, 3.8) is 0 Å². The fraction of sp³-hybridized carbons (Fsp3) is 0.758. The van der Waals surface area contributed by atoms with Crippen molar-refractivity contribution in [1.29, 1.82) is 0 Å². The van der Waals surface area contributed by atoms with Crippen LogP contribution in [0.2, 0.25) is 0 Å². The maximum atomic E-state index is 11.0. The van der Waals surface area contributed by atoms with E-state index in [0.29, 0.717) is 6.04 Å². The molecule has 36 heavy (non-hydrogen) atoms. The smallest absolute Gasteiger partial charge is 0.126 e. The van der Waals surface area contributed by atoms with Crippen LogP contribution in [0.5, 0.6) is 0 Å². The minimum atomic E-state index is -0.461. The molecule has 0 aliphatic carbocycles. The zero-order chi connectivity index (χ0) is 26.6. The maximum Gasteiger partial charge on any atom is 0.126 e. The summed E-state index contributed by atoms with van der Waals surface area (Å²) in [5, 5.41) is 14.7. The second-order valence-electron chi connectivity index (χ2n) is 10.9. The quantitative estimate of drug-likeness (QED) is 0.122. The van der Waals surface area contributed by atoms with E-state index >= 15 is 0 Å². The third kappa shape index (κ3) is 12.7. The SMILES string of the molecule is C=CC1=C(/C=C\C)NC(CC)CC(C)=C1N(C)C(O)CCCCCCCCCCCCCCCCC. The van der Waals surface area contributed by atoms with Gasteiger partial charge in [0.25, 0.3) is 0 Å². The molecule has 0 fully saturated rings. The fourth-order valence-corrected chi connectivity index (χ4v) is 5.46. The lowest BCUT2D eigenvalue weighted by atomic mass is 10.00. The summed E-state index contributed by atoms with van der Waals surface area (Å²) in [6, 6.07) is 0.407. The van der Waals surface area contributed by atoms with Crippen molar-refractivity contribution in [1.82, 2.24) is 10.2 Å². The number of aliphatic hydroxyl groups excluding tert-OH is 1. The Morgan fingerprint density at radius 2 is 1.42 bits per heavy atom. The van der Waals surface area contributed by atoms with Gasteiger partial charge in [-0.05, 0) is 51.2 Å². The highest BCUT2D eigenvalue weighted by molar-refractivity contribution is 5.48. The molecule has 0 aromatic carbocycles. The monoisotopic (exact) mass is 500 g/mol. The normalized spacial score (nSPS) is 17.4. The van der Waals surface area contributed by atoms with Gasteiger partial charge in [-0.1, -0.05) is 122 Å². The van der Waals surface area contributed by atoms with Crippen molar-refractivity contribution in [2.75, 3.05) is 7.05 Å². The van der Waals surface area contributed by atoms with E-state index < -0.39 is 6.23 Å². The number of unbranched alkanes of at least 4 members (excludes halogenated alkanes) is 14. The third-order valence-corrected chi connectivity index (χ3v) is 7.76. The topological polar surface area (TPSA) is 35.5 Å². The Morgan fingerprint density at radius 1 is 0.917 bits per heavy atom. The molecule has 1 rings (SSSR count). The van der Waals surface area contributed by atoms with Crippen LogP contribution in [0.1, 0.15) is 143 Å². The summed E-state index contributed by atoms with van der Waals surface area (Å²) in [6.45, 7) is 12.9. The lowest BCUT2D eigenvalue weighted by Crippen LogP contribution is -2.32. The first-order chi connectivity index (χ1) is 17.5. The van der Waals surface area contributed by atoms with E-state index in [1.54, 1.807) is 0 Å². The number of likely N-dealkylation sites (N-methyl/N-ethyl adjacent to an activating group) is 1. The summed E-state index contributed by atoms with van der Waals surface area (Å²) in [4.78, 5) is 2.08. The molecule has 0 radical (unpaired) electrons. The molecule has 208 valence electrons. The summed E-state index contributed by atoms with van der Waals surface area (Å²) in [6.07, 6.45) is 29.0. The van der Waals surface area contributed by atoms with E-state index in [1.165, 1.54) is 95.5 Å². The molecular weight excluding hydrogens is 440 g/mol. The number of rotatable bonds is 21. The molecule has 2 unspecified atom stereocenters. The molecule has 1 aliphatic rings. The lowest BCUT2D eigenvalue weighted by molar-refractivity contribution is 0.0375. The van der Waals surface area contributed by atoms with Gasteiger partial charge in [0.15, 0.2) is 0 Å². The first-order valence-electron chi connectivity index (χ1n) is 15.4. The Morgan fingerprint density at radius 3 is 1.86 bits per heavy atom. The van der Waals surface area contributed by atoms with Crippen LogP contribution >= 0.6 is 0 Å². The highest BCUT2D eigenvalue weighted by Crippen LogP contribution is 2.31. The number of nitrogens with one attached hydrogen (secondary N) is 1. The standard InChI is InChI=1S/C33H60N2O/c1-7-11-12-13-14-15-16-17-18-19-20-21-22-23-24-26-32(36)35(6)33-28(5)27-29(9-3)34-31(25-8-2)30(33)10-4/h8,10,25,29,32,34,36H,4,7,9,11-24,26-27H2,1-3,5-6H3/b25-8-. The van der Waals surface area contributed by atoms with Crippen molar-refractivity contribution in [2.24, 2.45) is 0 Å². The minimum Gasteiger partial charge on any atom is -0.381 e. The Labute approximate surface area is 225 Å². The van der Waals surface area contributed by atoms with Gasteiger partial charge in [0.1, 0.15) is 6.23 Å². The molecule has 0 bridgehead atoms. The van der Waals surface area contributed by atoms with E-state index in [1.807, 2.05) is 20.0 Å². The highest BCUT2D eigenvalue weighted by Gasteiger charge is 2.25. The predicted octanol–water partition coefficient (Wildman–Crippen LogP) is 9.56. The van der Waals surface area contributed by atoms with Gasteiger partial charge in [0.2, 0.25) is 0 Å². The molecule has 0 amide bonds. The van der Waals surface area contributed by atoms with Crippen molar-refractivity contribution >= 4 is 0 Å². The molecule has 3 nitrogen and oxygen atoms in total. The second-order valence-corrected chi connectivity index (χ2v) is 10.9. The van der Waals surface area contributed by atoms with Gasteiger partial charge in [-0.25, -0.2) is 0 Å². The molecule has 1 heterocycles. The van der Waals surface area contributed by atoms with Gasteiger partial charge in [0.05, 0.1) is 0 Å². The Balaban J connectivity index is 2.32. The van der Waals surface area contributed by atoms with Crippen LogP contribution in [0, 0.1) is 0 Å². The number of hydrogen-bond acceptors (Lipinski definition) is 3. The molecule has 0 saturated carbocycles. The zero-order valence-electron chi connectivity index (χ0n) is 24.7. The number of nitrogens with zero attached hydrogens (tertiary/aromatic N) is 1. The zero-order valence-corrected chi connectivity index (χ0v) is 24.7. The Bertz CT molecular complexity index is 675. The average molecular weight is 501 g/mol. The lowest BCUT2D eigenvalue weighted by Gasteiger charge is -2.30. The first kappa shape index (κ1) is 32.5. The van der Waals surface area contributed by atoms with E-state index in [-0.39, 0.29) is 0 Å². The van der Waals surface area contributed by atoms with Gasteiger partial charge in [-0.2, -0.15) is 0 Å². The second kappa shape index (κ2) is 20.6. The fourth-order valence-electron chi connectivity index (χ4n) is 5.46. The van der Waals surface area contributed by atoms with Crippen LogP contribution in [0.3, 0.4) is 0 Å². The summed E-state index contributed by atoms with van der Waals surface area (Å²) in [7, 11) is 2.04. The largest absolute Gasteiger partial charge is 0.381 e. The van der Waals surface area contributed by atoms with Crippen LogP contribution in [-0.4, -0.2) is 29.3 Å². The number of hydrogen-bond donors (Lipinski definition) is 2. The Hall–Kier alpha value is -1.48. The van der Waals surface area contributed by atoms with Gasteiger partial charge < -0.3 is 15.3 Å². The van der Waals surface area contributed by atoms with Crippen LogP contribution in [0.25, 0.3) is 0 Å². The van der Waals surface area contributed by atoms with Crippen LogP contribution in [0.15, 0.2) is 47.3 Å². The van der Waals surface area contributed by atoms with Crippen molar-refractivity contribution in [2.45, 2.75) is 156 Å². The summed E-state index contributed by atoms with van der Waals surface area (Å²) < 4.78 is 0. The van der Waals surface area contributed by atoms with Crippen LogP contribution in [0.4, 0.5) is 0 Å². The number of aliphatic hydroxyl groups is 1. The van der Waals surface area contributed by atoms with Crippen molar-refractivity contribution < 1.29 is 5.11 Å². The van der Waals surface area contributed by atoms with Gasteiger partial charge in [-0.15, -0.1) is 0 Å². The first-order valence-corrected chi connectivity index (χ1v) is 15.4. The maximum absolute atomic E-state index is 11.0. The molecule has 0 spiro atoms. The molecule has 0 aromatic heterocycles. The minimum absolute atomic E-state index is 0.407. The Kier molecular flexibility index (Phi) is 18.6. The molecular formula is C33H60N2O. The summed E-state index contributed by atoms with van der Waals surface area (Å²) in [5.41, 5.74) is 4.66. The summed E-state index contributed by atoms with van der Waals surface area (Å²) >= 11 is 0. The molecule has 0 aromatic rings. The van der Waals surface area contributed by atoms with E-state index in [4.69, 9.17) is 0 Å². The predicted molar refractivity (Wildman–Crippen MR) is 160 cm³/mol. The third-order valence-electron chi connectivity index (χ3n) is 7.76. The van der Waals surface area contributed by atoms with Crippen LogP contribution < -0.4 is 5.32 Å². The van der Waals surface area contributed by atoms with E-state index in [0.717, 1.165) is 42.7 Å². The summed E-state index contributed by atoms with van der Waals surface area (Å²) in [5.74, 6) is 0.